The fourth-order valence-electron chi connectivity index (χ4n) is 2.87. The second-order valence-corrected chi connectivity index (χ2v) is 5.95. The minimum absolute atomic E-state index is 0.221. The van der Waals surface area contributed by atoms with Crippen molar-refractivity contribution in [3.05, 3.63) is 22.8 Å². The minimum atomic E-state index is -0.221. The average molecular weight is 296 g/mol. The molecule has 4 nitrogen and oxygen atoms in total. The number of nitrogens with one attached hydrogen (secondary N) is 1. The Bertz CT molecular complexity index is 470. The molecule has 1 aliphatic carbocycles. The van der Waals surface area contributed by atoms with Crippen molar-refractivity contribution in [2.75, 3.05) is 5.73 Å². The lowest BCUT2D eigenvalue weighted by Gasteiger charge is -2.28. The number of nitrogen functional groups attached to an aromatic ring is 1. The highest BCUT2D eigenvalue weighted by atomic mass is 35.5. The first kappa shape index (κ1) is 15.1. The van der Waals surface area contributed by atoms with Gasteiger partial charge in [0.15, 0.2) is 0 Å². The second kappa shape index (κ2) is 6.93. The Morgan fingerprint density at radius 3 is 2.75 bits per heavy atom. The fraction of sp³-hybridized carbons (Fsp3) is 0.600. The summed E-state index contributed by atoms with van der Waals surface area (Å²) in [6, 6.07) is 3.43. The van der Waals surface area contributed by atoms with Gasteiger partial charge in [-0.1, -0.05) is 31.4 Å². The Hall–Kier alpha value is -1.29. The van der Waals surface area contributed by atoms with Crippen molar-refractivity contribution in [1.29, 1.82) is 0 Å². The molecule has 5 heteroatoms. The van der Waals surface area contributed by atoms with Gasteiger partial charge in [0.2, 0.25) is 0 Å². The third-order valence-electron chi connectivity index (χ3n) is 3.96. The van der Waals surface area contributed by atoms with Crippen molar-refractivity contribution in [2.45, 2.75) is 51.5 Å². The molecule has 110 valence electrons. The standard InChI is InChI=1S/C15H22ClN3O/c1-2-3-10-4-6-11(7-5-10)18-15(20)14-12(16)8-9-13(17)19-14/h8-11H,2-7H2,1H3,(H2,17,19)(H,18,20). The number of hydrogen-bond acceptors (Lipinski definition) is 3. The van der Waals surface area contributed by atoms with E-state index in [4.69, 9.17) is 17.3 Å². The van der Waals surface area contributed by atoms with Gasteiger partial charge in [0.25, 0.3) is 5.91 Å². The fourth-order valence-corrected chi connectivity index (χ4v) is 3.07. The van der Waals surface area contributed by atoms with Crippen LogP contribution in [0.5, 0.6) is 0 Å². The Balaban J connectivity index is 1.91. The molecule has 1 heterocycles. The van der Waals surface area contributed by atoms with E-state index in [-0.39, 0.29) is 17.6 Å². The Morgan fingerprint density at radius 2 is 2.10 bits per heavy atom. The number of aromatic nitrogens is 1. The molecule has 1 amide bonds. The first-order valence-electron chi connectivity index (χ1n) is 7.33. The lowest BCUT2D eigenvalue weighted by molar-refractivity contribution is 0.0916. The number of carbonyl (C=O) groups excluding carboxylic acids is 1. The monoisotopic (exact) mass is 295 g/mol. The predicted molar refractivity (Wildman–Crippen MR) is 81.8 cm³/mol. The first-order valence-corrected chi connectivity index (χ1v) is 7.70. The lowest BCUT2D eigenvalue weighted by atomic mass is 9.83. The van der Waals surface area contributed by atoms with Gasteiger partial charge in [-0.25, -0.2) is 4.98 Å². The van der Waals surface area contributed by atoms with Gasteiger partial charge in [0, 0.05) is 6.04 Å². The van der Waals surface area contributed by atoms with Crippen molar-refractivity contribution < 1.29 is 4.79 Å². The zero-order valence-electron chi connectivity index (χ0n) is 11.9. The van der Waals surface area contributed by atoms with E-state index < -0.39 is 0 Å². The summed E-state index contributed by atoms with van der Waals surface area (Å²) < 4.78 is 0. The molecule has 20 heavy (non-hydrogen) atoms. The molecule has 0 atom stereocenters. The molecule has 3 N–H and O–H groups in total. The van der Waals surface area contributed by atoms with Crippen LogP contribution in [0.3, 0.4) is 0 Å². The molecule has 1 saturated carbocycles. The van der Waals surface area contributed by atoms with Crippen LogP contribution in [0.4, 0.5) is 5.82 Å². The van der Waals surface area contributed by atoms with E-state index >= 15 is 0 Å². The molecular weight excluding hydrogens is 274 g/mol. The maximum atomic E-state index is 12.2. The highest BCUT2D eigenvalue weighted by Gasteiger charge is 2.23. The third kappa shape index (κ3) is 3.85. The molecule has 1 fully saturated rings. The number of nitrogens with two attached hydrogens (primary N) is 1. The summed E-state index contributed by atoms with van der Waals surface area (Å²) in [7, 11) is 0. The molecule has 0 aromatic carbocycles. The van der Waals surface area contributed by atoms with E-state index in [9.17, 15) is 4.79 Å². The summed E-state index contributed by atoms with van der Waals surface area (Å²) in [5.41, 5.74) is 5.82. The van der Waals surface area contributed by atoms with Gasteiger partial charge in [-0.2, -0.15) is 0 Å². The van der Waals surface area contributed by atoms with Crippen LogP contribution in [-0.4, -0.2) is 16.9 Å². The summed E-state index contributed by atoms with van der Waals surface area (Å²) >= 11 is 5.99. The molecular formula is C15H22ClN3O. The van der Waals surface area contributed by atoms with E-state index in [0.717, 1.165) is 18.8 Å². The van der Waals surface area contributed by atoms with Gasteiger partial charge in [0.05, 0.1) is 5.02 Å². The van der Waals surface area contributed by atoms with Crippen LogP contribution in [-0.2, 0) is 0 Å². The van der Waals surface area contributed by atoms with E-state index in [1.54, 1.807) is 12.1 Å². The number of rotatable bonds is 4. The number of amides is 1. The van der Waals surface area contributed by atoms with Crippen molar-refractivity contribution in [1.82, 2.24) is 10.3 Å². The van der Waals surface area contributed by atoms with Gasteiger partial charge >= 0.3 is 0 Å². The third-order valence-corrected chi connectivity index (χ3v) is 4.27. The molecule has 0 radical (unpaired) electrons. The quantitative estimate of drug-likeness (QED) is 0.894. The van der Waals surface area contributed by atoms with Crippen LogP contribution >= 0.6 is 11.6 Å². The van der Waals surface area contributed by atoms with Crippen LogP contribution in [0, 0.1) is 5.92 Å². The highest BCUT2D eigenvalue weighted by Crippen LogP contribution is 2.28. The number of hydrogen-bond donors (Lipinski definition) is 2. The van der Waals surface area contributed by atoms with Gasteiger partial charge < -0.3 is 11.1 Å². The number of halogens is 1. The molecule has 0 aliphatic heterocycles. The SMILES string of the molecule is CCCC1CCC(NC(=O)c2nc(N)ccc2Cl)CC1. The van der Waals surface area contributed by atoms with Crippen molar-refractivity contribution in [3.8, 4) is 0 Å². The molecule has 0 unspecified atom stereocenters. The number of pyridine rings is 1. The van der Waals surface area contributed by atoms with Gasteiger partial charge in [-0.15, -0.1) is 0 Å². The number of carbonyl (C=O) groups is 1. The Kier molecular flexibility index (Phi) is 5.24. The van der Waals surface area contributed by atoms with Gasteiger partial charge in [0.1, 0.15) is 11.5 Å². The van der Waals surface area contributed by atoms with Crippen molar-refractivity contribution in [2.24, 2.45) is 5.92 Å². The normalized spacial score (nSPS) is 22.5. The first-order chi connectivity index (χ1) is 9.60. The van der Waals surface area contributed by atoms with E-state index in [0.29, 0.717) is 10.8 Å². The lowest BCUT2D eigenvalue weighted by Crippen LogP contribution is -2.38. The van der Waals surface area contributed by atoms with Gasteiger partial charge in [-0.3, -0.25) is 4.79 Å². The molecule has 0 saturated heterocycles. The number of anilines is 1. The molecule has 0 spiro atoms. The summed E-state index contributed by atoms with van der Waals surface area (Å²) in [5, 5.41) is 3.37. The van der Waals surface area contributed by atoms with Crippen LogP contribution in [0.25, 0.3) is 0 Å². The van der Waals surface area contributed by atoms with Gasteiger partial charge in [-0.05, 0) is 43.7 Å². The Labute approximate surface area is 125 Å². The highest BCUT2D eigenvalue weighted by molar-refractivity contribution is 6.33. The molecule has 1 aromatic rings. The van der Waals surface area contributed by atoms with Crippen LogP contribution in [0.2, 0.25) is 5.02 Å². The van der Waals surface area contributed by atoms with E-state index in [1.165, 1.54) is 25.7 Å². The van der Waals surface area contributed by atoms with E-state index in [2.05, 4.69) is 17.2 Å². The topological polar surface area (TPSA) is 68.0 Å². The second-order valence-electron chi connectivity index (χ2n) is 5.55. The average Bonchev–Trinajstić information content (AvgIpc) is 2.44. The molecule has 0 bridgehead atoms. The zero-order valence-corrected chi connectivity index (χ0v) is 12.6. The Morgan fingerprint density at radius 1 is 1.40 bits per heavy atom. The largest absolute Gasteiger partial charge is 0.384 e. The molecule has 1 aromatic heterocycles. The smallest absolute Gasteiger partial charge is 0.271 e. The summed E-state index contributed by atoms with van der Waals surface area (Å²) in [6.07, 6.45) is 6.99. The predicted octanol–water partition coefficient (Wildman–Crippen LogP) is 3.41. The summed E-state index contributed by atoms with van der Waals surface area (Å²) in [5.74, 6) is 0.912. The van der Waals surface area contributed by atoms with Crippen molar-refractivity contribution in [3.63, 3.8) is 0 Å². The maximum Gasteiger partial charge on any atom is 0.271 e. The zero-order chi connectivity index (χ0) is 14.5. The maximum absolute atomic E-state index is 12.2. The van der Waals surface area contributed by atoms with Crippen molar-refractivity contribution >= 4 is 23.3 Å². The molecule has 1 aliphatic rings. The van der Waals surface area contributed by atoms with Crippen LogP contribution < -0.4 is 11.1 Å². The van der Waals surface area contributed by atoms with E-state index in [1.807, 2.05) is 0 Å². The minimum Gasteiger partial charge on any atom is -0.384 e. The summed E-state index contributed by atoms with van der Waals surface area (Å²) in [6.45, 7) is 2.22. The summed E-state index contributed by atoms with van der Waals surface area (Å²) in [4.78, 5) is 16.2. The van der Waals surface area contributed by atoms with Crippen LogP contribution in [0.15, 0.2) is 12.1 Å². The number of nitrogens with zero attached hydrogens (tertiary/aromatic N) is 1. The van der Waals surface area contributed by atoms with Crippen LogP contribution in [0.1, 0.15) is 55.9 Å². The molecule has 2 rings (SSSR count).